The topological polar surface area (TPSA) is 25.1 Å². The van der Waals surface area contributed by atoms with E-state index in [0.29, 0.717) is 0 Å². The number of hydrogen-bond donors (Lipinski definition) is 1. The van der Waals surface area contributed by atoms with Crippen LogP contribution >= 0.6 is 15.9 Å². The zero-order chi connectivity index (χ0) is 85.9. The van der Waals surface area contributed by atoms with Gasteiger partial charge >= 0.3 is 0 Å². The molecular formula is C124H85BrN4. The van der Waals surface area contributed by atoms with Crippen LogP contribution in [0.3, 0.4) is 0 Å². The van der Waals surface area contributed by atoms with Crippen molar-refractivity contribution < 1.29 is 0 Å². The van der Waals surface area contributed by atoms with Crippen LogP contribution in [0, 0.1) is 0 Å². The fourth-order valence-electron chi connectivity index (χ4n) is 19.5. The fourth-order valence-corrected chi connectivity index (χ4v) is 19.8. The van der Waals surface area contributed by atoms with Crippen LogP contribution in [0.15, 0.2) is 514 Å². The van der Waals surface area contributed by atoms with Crippen molar-refractivity contribution in [2.24, 2.45) is 0 Å². The van der Waals surface area contributed by atoms with Gasteiger partial charge in [-0.1, -0.05) is 404 Å². The summed E-state index contributed by atoms with van der Waals surface area (Å²) in [6.45, 7) is 0. The lowest BCUT2D eigenvalue weighted by Crippen LogP contribution is -2.10. The molecule has 0 saturated carbocycles. The minimum Gasteiger partial charge on any atom is -0.356 e. The van der Waals surface area contributed by atoms with Crippen LogP contribution in [0.5, 0.6) is 0 Å². The van der Waals surface area contributed by atoms with Gasteiger partial charge in [0, 0.05) is 65.8 Å². The second-order valence-corrected chi connectivity index (χ2v) is 33.5. The van der Waals surface area contributed by atoms with Crippen molar-refractivity contribution in [1.29, 1.82) is 0 Å². The molecule has 5 heteroatoms. The van der Waals surface area contributed by atoms with E-state index in [2.05, 4.69) is 527 Å². The van der Waals surface area contributed by atoms with E-state index in [4.69, 9.17) is 0 Å². The Kier molecular flexibility index (Phi) is 21.3. The van der Waals surface area contributed by atoms with E-state index in [9.17, 15) is 0 Å². The molecule has 0 amide bonds. The summed E-state index contributed by atoms with van der Waals surface area (Å²) >= 11 is 3.80. The van der Waals surface area contributed by atoms with E-state index in [-0.39, 0.29) is 0 Å². The molecule has 0 fully saturated rings. The summed E-state index contributed by atoms with van der Waals surface area (Å²) in [5.41, 5.74) is 32.2. The second kappa shape index (κ2) is 34.9. The summed E-state index contributed by atoms with van der Waals surface area (Å²) in [6, 6.07) is 183. The van der Waals surface area contributed by atoms with Gasteiger partial charge in [0.2, 0.25) is 0 Å². The second-order valence-electron chi connectivity index (χ2n) is 32.6. The van der Waals surface area contributed by atoms with Gasteiger partial charge < -0.3 is 19.4 Å². The van der Waals surface area contributed by atoms with Crippen molar-refractivity contribution >= 4 is 131 Å². The SMILES string of the molecule is Brc1ccc2c(-c3ccccc3-c3ccccc3)c3ccccc3c(-c3ccccc3-c3ccccc3)c2c1.c1ccc(-c2ccccc2-c2c3ccccc3c(-c3ccccc3-c3ccccc3)c3cc(N(c4ccccc4)c4ccc5c(c4)c4ccccc4n5-c4ccccc4)ccc23)cc1.c1ccc(Nc2ccc3c(c2)c2ccccc2n3-c2ccccc2)cc1. The smallest absolute Gasteiger partial charge is 0.0542 e. The van der Waals surface area contributed by atoms with Crippen molar-refractivity contribution in [3.05, 3.63) is 514 Å². The molecule has 0 radical (unpaired) electrons. The number of aromatic nitrogens is 2. The number of fused-ring (bicyclic) bond motifs is 10. The molecule has 129 heavy (non-hydrogen) atoms. The first-order valence-corrected chi connectivity index (χ1v) is 44.9. The molecule has 0 aliphatic heterocycles. The van der Waals surface area contributed by atoms with Crippen molar-refractivity contribution in [2.45, 2.75) is 0 Å². The minimum atomic E-state index is 1.08. The highest BCUT2D eigenvalue weighted by Crippen LogP contribution is 2.53. The van der Waals surface area contributed by atoms with Gasteiger partial charge in [0.25, 0.3) is 0 Å². The van der Waals surface area contributed by atoms with Crippen molar-refractivity contribution in [3.63, 3.8) is 0 Å². The number of nitrogens with zero attached hydrogens (tertiary/aromatic N) is 3. The van der Waals surface area contributed by atoms with E-state index < -0.39 is 0 Å². The summed E-state index contributed by atoms with van der Waals surface area (Å²) in [5.74, 6) is 0. The van der Waals surface area contributed by atoms with Crippen LogP contribution in [0.2, 0.25) is 0 Å². The maximum atomic E-state index is 3.80. The largest absolute Gasteiger partial charge is 0.356 e. The molecule has 2 aromatic heterocycles. The highest BCUT2D eigenvalue weighted by atomic mass is 79.9. The van der Waals surface area contributed by atoms with Crippen LogP contribution in [0.4, 0.5) is 28.4 Å². The fraction of sp³-hybridized carbons (Fsp3) is 0. The van der Waals surface area contributed by atoms with Gasteiger partial charge in [0.15, 0.2) is 0 Å². The Morgan fingerprint density at radius 2 is 0.442 bits per heavy atom. The number of para-hydroxylation sites is 6. The van der Waals surface area contributed by atoms with Crippen LogP contribution in [0.1, 0.15) is 0 Å². The van der Waals surface area contributed by atoms with E-state index in [1.165, 1.54) is 181 Å². The van der Waals surface area contributed by atoms with E-state index in [0.717, 1.165) is 38.6 Å². The molecule has 0 spiro atoms. The molecule has 0 atom stereocenters. The van der Waals surface area contributed by atoms with Gasteiger partial charge in [0.1, 0.15) is 0 Å². The van der Waals surface area contributed by atoms with Gasteiger partial charge in [-0.15, -0.1) is 0 Å². The maximum absolute atomic E-state index is 3.80. The zero-order valence-electron chi connectivity index (χ0n) is 70.7. The molecule has 2 heterocycles. The summed E-state index contributed by atoms with van der Waals surface area (Å²) in [6.07, 6.45) is 0. The third-order valence-corrected chi connectivity index (χ3v) is 25.6. The predicted octanol–water partition coefficient (Wildman–Crippen LogP) is 35.2. The quantitative estimate of drug-likeness (QED) is 0.104. The first kappa shape index (κ1) is 78.5. The first-order chi connectivity index (χ1) is 64.0. The first-order valence-electron chi connectivity index (χ1n) is 44.1. The Hall–Kier alpha value is -16.4. The lowest BCUT2D eigenvalue weighted by Gasteiger charge is -2.27. The summed E-state index contributed by atoms with van der Waals surface area (Å²) < 4.78 is 5.79. The van der Waals surface area contributed by atoms with Gasteiger partial charge in [-0.25, -0.2) is 0 Å². The number of hydrogen-bond acceptors (Lipinski definition) is 2. The monoisotopic (exact) mass is 1710 g/mol. The molecule has 1 N–H and O–H groups in total. The molecular weight excluding hydrogens is 1630 g/mol. The van der Waals surface area contributed by atoms with Crippen LogP contribution < -0.4 is 10.2 Å². The van der Waals surface area contributed by atoms with Crippen molar-refractivity contribution in [2.75, 3.05) is 10.2 Å². The third kappa shape index (κ3) is 14.9. The van der Waals surface area contributed by atoms with E-state index in [1.54, 1.807) is 0 Å². The van der Waals surface area contributed by atoms with Crippen molar-refractivity contribution in [3.8, 4) is 100 Å². The maximum Gasteiger partial charge on any atom is 0.0542 e. The van der Waals surface area contributed by atoms with E-state index >= 15 is 0 Å². The highest BCUT2D eigenvalue weighted by Gasteiger charge is 2.27. The molecule has 24 aromatic rings. The molecule has 0 bridgehead atoms. The van der Waals surface area contributed by atoms with E-state index in [1.807, 2.05) is 18.2 Å². The molecule has 608 valence electrons. The lowest BCUT2D eigenvalue weighted by molar-refractivity contribution is 1.18. The Morgan fingerprint density at radius 3 is 0.845 bits per heavy atom. The number of benzene rings is 22. The molecule has 0 aliphatic carbocycles. The third-order valence-electron chi connectivity index (χ3n) is 25.1. The zero-order valence-corrected chi connectivity index (χ0v) is 72.3. The average Bonchev–Trinajstić information content (AvgIpc) is 1.65. The van der Waals surface area contributed by atoms with Gasteiger partial charge in [-0.05, 0) is 253 Å². The Labute approximate surface area is 759 Å². The molecule has 0 saturated heterocycles. The number of nitrogens with one attached hydrogen (secondary N) is 1. The normalized spacial score (nSPS) is 11.3. The number of halogens is 1. The van der Waals surface area contributed by atoms with Gasteiger partial charge in [0.05, 0.1) is 22.1 Å². The summed E-state index contributed by atoms with van der Waals surface area (Å²) in [7, 11) is 0. The minimum absolute atomic E-state index is 1.08. The Bertz CT molecular complexity index is 8240. The lowest BCUT2D eigenvalue weighted by atomic mass is 9.82. The van der Waals surface area contributed by atoms with Crippen LogP contribution in [-0.2, 0) is 0 Å². The Balaban J connectivity index is 0.000000127. The van der Waals surface area contributed by atoms with Crippen LogP contribution in [0.25, 0.3) is 187 Å². The molecule has 22 aromatic carbocycles. The number of anilines is 5. The average molecular weight is 1710 g/mol. The van der Waals surface area contributed by atoms with Crippen molar-refractivity contribution in [1.82, 2.24) is 9.13 Å². The highest BCUT2D eigenvalue weighted by molar-refractivity contribution is 9.10. The Morgan fingerprint density at radius 1 is 0.171 bits per heavy atom. The summed E-state index contributed by atoms with van der Waals surface area (Å²) in [5, 5.41) is 18.3. The van der Waals surface area contributed by atoms with Gasteiger partial charge in [-0.2, -0.15) is 0 Å². The summed E-state index contributed by atoms with van der Waals surface area (Å²) in [4.78, 5) is 2.42. The number of rotatable bonds is 15. The predicted molar refractivity (Wildman–Crippen MR) is 554 cm³/mol. The molecule has 24 rings (SSSR count). The molecule has 4 nitrogen and oxygen atoms in total. The van der Waals surface area contributed by atoms with Crippen LogP contribution in [-0.4, -0.2) is 9.13 Å². The molecule has 0 unspecified atom stereocenters. The van der Waals surface area contributed by atoms with Gasteiger partial charge in [-0.3, -0.25) is 0 Å². The molecule has 0 aliphatic rings. The standard InChI is InChI=1S/C62H42N2.C38H25Br.C24H18N2/c1-5-21-43(22-6-1)49-29-13-15-32-52(49)61-54-34-17-18-35-55(54)62(53-33-16-14-30-50(53)44-23-7-2-8-24-44)58-42-47(37-39-56(58)61)63(45-25-9-3-10-26-45)48-38-40-60-57(41-48)51-31-19-20-36-59(51)64(60)46-27-11-4-12-28-46;39-28-23-24-35-36(25-28)38(32-20-10-8-18-30(32)27-15-5-2-6-16-27)34-22-12-11-21-33(34)37(35)31-19-9-7-17-29(31)26-13-3-1-4-14-26;1-3-9-18(10-4-1)25-19-15-16-24-22(17-19)21-13-7-8-14-23(21)26(24)20-11-5-2-6-12-20/h1-42H;1-25H;1-17,25H.